The summed E-state index contributed by atoms with van der Waals surface area (Å²) in [5.41, 5.74) is 3.14. The van der Waals surface area contributed by atoms with Gasteiger partial charge >= 0.3 is 12.1 Å². The van der Waals surface area contributed by atoms with E-state index >= 15 is 0 Å². The summed E-state index contributed by atoms with van der Waals surface area (Å²) < 4.78 is 17.9. The molecule has 0 unspecified atom stereocenters. The van der Waals surface area contributed by atoms with E-state index in [2.05, 4.69) is 16.8 Å². The predicted octanol–water partition coefficient (Wildman–Crippen LogP) is 5.11. The third-order valence-electron chi connectivity index (χ3n) is 7.21. The number of phenols is 1. The largest absolute Gasteiger partial charge is 0.507 e. The summed E-state index contributed by atoms with van der Waals surface area (Å²) in [6.45, 7) is 10.6. The van der Waals surface area contributed by atoms with Crippen LogP contribution in [0.25, 0.3) is 10.9 Å². The van der Waals surface area contributed by atoms with Crippen LogP contribution in [0.15, 0.2) is 36.5 Å². The van der Waals surface area contributed by atoms with E-state index in [0.717, 1.165) is 59.4 Å². The van der Waals surface area contributed by atoms with Crippen molar-refractivity contribution >= 4 is 23.0 Å². The van der Waals surface area contributed by atoms with Gasteiger partial charge in [-0.1, -0.05) is 6.07 Å². The second-order valence-electron chi connectivity index (χ2n) is 11.1. The van der Waals surface area contributed by atoms with Gasteiger partial charge in [0.2, 0.25) is 0 Å². The van der Waals surface area contributed by atoms with E-state index in [1.165, 1.54) is 7.11 Å². The maximum atomic E-state index is 13.0. The molecule has 0 saturated carbocycles. The van der Waals surface area contributed by atoms with Gasteiger partial charge in [0.05, 0.1) is 19.7 Å². The molecule has 210 valence electrons. The Balaban J connectivity index is 1.76. The maximum Gasteiger partial charge on any atom is 0.419 e. The Kier molecular flexibility index (Phi) is 8.23. The summed E-state index contributed by atoms with van der Waals surface area (Å²) in [4.78, 5) is 29.7. The summed E-state index contributed by atoms with van der Waals surface area (Å²) in [6.07, 6.45) is 2.17. The molecule has 9 nitrogen and oxygen atoms in total. The van der Waals surface area contributed by atoms with Crippen LogP contribution in [-0.4, -0.2) is 78.0 Å². The molecule has 39 heavy (non-hydrogen) atoms. The van der Waals surface area contributed by atoms with Gasteiger partial charge in [-0.15, -0.1) is 0 Å². The van der Waals surface area contributed by atoms with Crippen LogP contribution in [0, 0.1) is 6.92 Å². The second kappa shape index (κ2) is 11.3. The number of aromatic hydroxyl groups is 1. The van der Waals surface area contributed by atoms with Crippen LogP contribution in [0.3, 0.4) is 0 Å². The average Bonchev–Trinajstić information content (AvgIpc) is 3.25. The first-order valence-electron chi connectivity index (χ1n) is 13.2. The third kappa shape index (κ3) is 6.04. The molecule has 0 aliphatic carbocycles. The van der Waals surface area contributed by atoms with Crippen molar-refractivity contribution in [3.8, 4) is 11.5 Å². The van der Waals surface area contributed by atoms with Crippen molar-refractivity contribution < 1.29 is 28.9 Å². The second-order valence-corrected chi connectivity index (χ2v) is 11.1. The van der Waals surface area contributed by atoms with Crippen molar-refractivity contribution in [3.05, 3.63) is 58.8 Å². The quantitative estimate of drug-likeness (QED) is 0.449. The standard InChI is InChI=1S/C30H39N3O6/c1-19-16-26(37-6)23(21-10-13-33(27(19)21)29(36)39-30(2,3)4)18-32-15-14-31(5)12-11-24(32)20-8-9-22(25(34)17-20)28(35)38-7/h8-10,13,16-17,24,34H,11-12,14-15,18H2,1-7H3/t24-/m1/s1. The summed E-state index contributed by atoms with van der Waals surface area (Å²) in [7, 11) is 5.06. The number of nitrogens with zero attached hydrogens (tertiary/aromatic N) is 3. The highest BCUT2D eigenvalue weighted by Crippen LogP contribution is 2.37. The van der Waals surface area contributed by atoms with E-state index in [1.807, 2.05) is 45.9 Å². The van der Waals surface area contributed by atoms with Crippen molar-refractivity contribution in [2.75, 3.05) is 40.9 Å². The lowest BCUT2D eigenvalue weighted by Gasteiger charge is -2.31. The lowest BCUT2D eigenvalue weighted by molar-refractivity contribution is 0.0542. The van der Waals surface area contributed by atoms with Crippen molar-refractivity contribution in [1.29, 1.82) is 0 Å². The summed E-state index contributed by atoms with van der Waals surface area (Å²) >= 11 is 0. The molecule has 0 amide bonds. The van der Waals surface area contributed by atoms with Crippen LogP contribution in [0.1, 0.15) is 60.3 Å². The molecular weight excluding hydrogens is 498 g/mol. The number of carbonyl (C=O) groups excluding carboxylic acids is 2. The number of carbonyl (C=O) groups is 2. The number of benzene rings is 2. The Morgan fingerprint density at radius 3 is 2.46 bits per heavy atom. The van der Waals surface area contributed by atoms with E-state index in [9.17, 15) is 14.7 Å². The van der Waals surface area contributed by atoms with Gasteiger partial charge in [0.1, 0.15) is 22.7 Å². The zero-order valence-electron chi connectivity index (χ0n) is 23.9. The number of methoxy groups -OCH3 is 2. The van der Waals surface area contributed by atoms with Gasteiger partial charge in [-0.3, -0.25) is 9.47 Å². The normalized spacial score (nSPS) is 17.2. The van der Waals surface area contributed by atoms with E-state index in [0.29, 0.717) is 6.54 Å². The zero-order chi connectivity index (χ0) is 28.5. The van der Waals surface area contributed by atoms with Crippen molar-refractivity contribution in [1.82, 2.24) is 14.4 Å². The molecule has 2 heterocycles. The Morgan fingerprint density at radius 2 is 1.82 bits per heavy atom. The molecule has 9 heteroatoms. The predicted molar refractivity (Wildman–Crippen MR) is 150 cm³/mol. The molecule has 1 saturated heterocycles. The molecule has 1 N–H and O–H groups in total. The molecule has 1 atom stereocenters. The number of hydrogen-bond donors (Lipinski definition) is 1. The first-order chi connectivity index (χ1) is 18.4. The average molecular weight is 538 g/mol. The van der Waals surface area contributed by atoms with Crippen LogP contribution in [0.2, 0.25) is 0 Å². The molecule has 0 bridgehead atoms. The van der Waals surface area contributed by atoms with E-state index in [-0.39, 0.29) is 17.4 Å². The molecule has 1 aromatic heterocycles. The van der Waals surface area contributed by atoms with E-state index in [1.54, 1.807) is 30.0 Å². The highest BCUT2D eigenvalue weighted by atomic mass is 16.6. The smallest absolute Gasteiger partial charge is 0.419 e. The number of ether oxygens (including phenoxy) is 3. The highest BCUT2D eigenvalue weighted by molar-refractivity contribution is 5.95. The SMILES string of the molecule is COC(=O)c1ccc([C@H]2CCN(C)CCN2Cc2c(OC)cc(C)c3c2ccn3C(=O)OC(C)(C)C)cc1O. The van der Waals surface area contributed by atoms with Gasteiger partial charge in [-0.05, 0) is 83.1 Å². The number of esters is 1. The number of likely N-dealkylation sites (N-methyl/N-ethyl adjacent to an activating group) is 1. The third-order valence-corrected chi connectivity index (χ3v) is 7.21. The molecule has 4 rings (SSSR count). The monoisotopic (exact) mass is 537 g/mol. The molecule has 1 aliphatic heterocycles. The number of aryl methyl sites for hydroxylation is 1. The Bertz CT molecular complexity index is 1370. The van der Waals surface area contributed by atoms with Gasteiger partial charge in [-0.25, -0.2) is 9.59 Å². The van der Waals surface area contributed by atoms with Crippen LogP contribution in [-0.2, 0) is 16.0 Å². The fourth-order valence-electron chi connectivity index (χ4n) is 5.27. The zero-order valence-corrected chi connectivity index (χ0v) is 23.9. The lowest BCUT2D eigenvalue weighted by Crippen LogP contribution is -2.31. The number of phenolic OH excluding ortho intramolecular Hbond substituents is 1. The Labute approximate surface area is 229 Å². The fourth-order valence-corrected chi connectivity index (χ4v) is 5.27. The van der Waals surface area contributed by atoms with Crippen LogP contribution < -0.4 is 4.74 Å². The van der Waals surface area contributed by atoms with E-state index < -0.39 is 17.7 Å². The molecule has 0 spiro atoms. The fraction of sp³-hybridized carbons (Fsp3) is 0.467. The minimum atomic E-state index is -0.614. The van der Waals surface area contributed by atoms with Crippen molar-refractivity contribution in [3.63, 3.8) is 0 Å². The molecule has 3 aromatic rings. The number of hydrogen-bond acceptors (Lipinski definition) is 8. The van der Waals surface area contributed by atoms with Crippen LogP contribution >= 0.6 is 0 Å². The molecule has 0 radical (unpaired) electrons. The van der Waals surface area contributed by atoms with Gasteiger partial charge in [0.25, 0.3) is 0 Å². The number of fused-ring (bicyclic) bond motifs is 1. The minimum Gasteiger partial charge on any atom is -0.507 e. The Hall–Kier alpha value is -3.56. The van der Waals surface area contributed by atoms with E-state index in [4.69, 9.17) is 14.2 Å². The molecule has 1 aliphatic rings. The van der Waals surface area contributed by atoms with Gasteiger partial charge in [0.15, 0.2) is 0 Å². The topological polar surface area (TPSA) is 93.5 Å². The minimum absolute atomic E-state index is 0.0125. The maximum absolute atomic E-state index is 13.0. The number of rotatable bonds is 5. The summed E-state index contributed by atoms with van der Waals surface area (Å²) in [5.74, 6) is 0.0848. The van der Waals surface area contributed by atoms with Crippen molar-refractivity contribution in [2.45, 2.75) is 52.3 Å². The first-order valence-corrected chi connectivity index (χ1v) is 13.2. The van der Waals surface area contributed by atoms with Crippen LogP contribution in [0.4, 0.5) is 4.79 Å². The van der Waals surface area contributed by atoms with Gasteiger partial charge < -0.3 is 24.2 Å². The Morgan fingerprint density at radius 1 is 1.08 bits per heavy atom. The van der Waals surface area contributed by atoms with Crippen LogP contribution in [0.5, 0.6) is 11.5 Å². The molecule has 2 aromatic carbocycles. The first kappa shape index (κ1) is 28.4. The van der Waals surface area contributed by atoms with Gasteiger partial charge in [-0.2, -0.15) is 0 Å². The highest BCUT2D eigenvalue weighted by Gasteiger charge is 2.29. The van der Waals surface area contributed by atoms with Crippen molar-refractivity contribution in [2.24, 2.45) is 0 Å². The summed E-state index contributed by atoms with van der Waals surface area (Å²) in [5, 5.41) is 11.5. The molecule has 1 fully saturated rings. The summed E-state index contributed by atoms with van der Waals surface area (Å²) in [6, 6.07) is 9.07. The number of aromatic nitrogens is 1. The van der Waals surface area contributed by atoms with Gasteiger partial charge in [0, 0.05) is 42.8 Å². The lowest BCUT2D eigenvalue weighted by atomic mass is 9.98. The molecular formula is C30H39N3O6.